The van der Waals surface area contributed by atoms with Gasteiger partial charge < -0.3 is 5.32 Å². The summed E-state index contributed by atoms with van der Waals surface area (Å²) < 4.78 is 1.58. The van der Waals surface area contributed by atoms with Gasteiger partial charge in [0.1, 0.15) is 5.69 Å². The van der Waals surface area contributed by atoms with Crippen LogP contribution in [0.4, 0.5) is 5.69 Å². The van der Waals surface area contributed by atoms with Crippen LogP contribution in [-0.4, -0.2) is 15.7 Å². The molecule has 110 valence electrons. The monoisotopic (exact) mass is 283 g/mol. The van der Waals surface area contributed by atoms with Gasteiger partial charge in [-0.15, -0.1) is 0 Å². The molecule has 21 heavy (non-hydrogen) atoms. The lowest BCUT2D eigenvalue weighted by Gasteiger charge is -2.22. The molecule has 4 heteroatoms. The number of hydrogen-bond acceptors (Lipinski definition) is 2. The molecule has 0 saturated heterocycles. The molecule has 0 aliphatic heterocycles. The number of aromatic nitrogens is 2. The molecule has 0 unspecified atom stereocenters. The topological polar surface area (TPSA) is 46.9 Å². The summed E-state index contributed by atoms with van der Waals surface area (Å²) in [6.45, 7) is 0. The maximum Gasteiger partial charge on any atom is 0.273 e. The fraction of sp³-hybridized carbons (Fsp3) is 0.412. The van der Waals surface area contributed by atoms with Crippen LogP contribution < -0.4 is 5.32 Å². The Bertz CT molecular complexity index is 609. The third-order valence-electron chi connectivity index (χ3n) is 4.30. The highest BCUT2D eigenvalue weighted by Gasteiger charge is 2.15. The van der Waals surface area contributed by atoms with Gasteiger partial charge in [-0.05, 0) is 42.5 Å². The number of amides is 1. The maximum atomic E-state index is 12.1. The molecule has 0 spiro atoms. The highest BCUT2D eigenvalue weighted by Crippen LogP contribution is 2.32. The Morgan fingerprint density at radius 2 is 1.86 bits per heavy atom. The van der Waals surface area contributed by atoms with Gasteiger partial charge in [-0.2, -0.15) is 5.10 Å². The smallest absolute Gasteiger partial charge is 0.273 e. The van der Waals surface area contributed by atoms with Crippen LogP contribution in [0.1, 0.15) is 54.1 Å². The number of carbonyl (C=O) groups is 1. The summed E-state index contributed by atoms with van der Waals surface area (Å²) >= 11 is 0. The lowest BCUT2D eigenvalue weighted by Crippen LogP contribution is -2.16. The van der Waals surface area contributed by atoms with Gasteiger partial charge >= 0.3 is 0 Å². The standard InChI is InChI=1S/C17H21N3O/c1-20-16(11-12-18-20)17(21)19-15-9-7-14(8-10-15)13-5-3-2-4-6-13/h7-13H,2-6H2,1H3,(H,19,21). The molecule has 1 fully saturated rings. The third kappa shape index (κ3) is 3.15. The highest BCUT2D eigenvalue weighted by atomic mass is 16.2. The number of nitrogens with one attached hydrogen (secondary N) is 1. The first-order valence-corrected chi connectivity index (χ1v) is 7.63. The van der Waals surface area contributed by atoms with Crippen molar-refractivity contribution in [2.75, 3.05) is 5.32 Å². The van der Waals surface area contributed by atoms with Crippen LogP contribution in [0.3, 0.4) is 0 Å². The molecule has 0 bridgehead atoms. The Morgan fingerprint density at radius 1 is 1.14 bits per heavy atom. The van der Waals surface area contributed by atoms with E-state index in [0.29, 0.717) is 11.6 Å². The van der Waals surface area contributed by atoms with Crippen molar-refractivity contribution in [3.63, 3.8) is 0 Å². The Kier molecular flexibility index (Phi) is 4.04. The SMILES string of the molecule is Cn1nccc1C(=O)Nc1ccc(C2CCCCC2)cc1. The van der Waals surface area contributed by atoms with E-state index in [4.69, 9.17) is 0 Å². The Labute approximate surface area is 125 Å². The Balaban J connectivity index is 1.67. The molecule has 0 atom stereocenters. The second-order valence-electron chi connectivity index (χ2n) is 5.75. The fourth-order valence-corrected chi connectivity index (χ4v) is 3.07. The van der Waals surface area contributed by atoms with Crippen molar-refractivity contribution in [1.29, 1.82) is 0 Å². The molecule has 1 aromatic carbocycles. The summed E-state index contributed by atoms with van der Waals surface area (Å²) in [6, 6.07) is 10.0. The van der Waals surface area contributed by atoms with E-state index in [1.165, 1.54) is 37.7 Å². The molecule has 1 heterocycles. The normalized spacial score (nSPS) is 15.9. The summed E-state index contributed by atoms with van der Waals surface area (Å²) in [4.78, 5) is 12.1. The average molecular weight is 283 g/mol. The van der Waals surface area contributed by atoms with E-state index in [9.17, 15) is 4.79 Å². The molecular weight excluding hydrogens is 262 g/mol. The van der Waals surface area contributed by atoms with Crippen LogP contribution in [0.5, 0.6) is 0 Å². The lowest BCUT2D eigenvalue weighted by atomic mass is 9.84. The van der Waals surface area contributed by atoms with Gasteiger partial charge in [-0.3, -0.25) is 9.48 Å². The molecule has 0 radical (unpaired) electrons. The van der Waals surface area contributed by atoms with E-state index in [1.807, 2.05) is 12.1 Å². The molecule has 1 aromatic heterocycles. The van der Waals surface area contributed by atoms with Gasteiger partial charge in [0.15, 0.2) is 0 Å². The van der Waals surface area contributed by atoms with E-state index >= 15 is 0 Å². The van der Waals surface area contributed by atoms with Gasteiger partial charge in [-0.25, -0.2) is 0 Å². The number of carbonyl (C=O) groups excluding carboxylic acids is 1. The molecule has 1 N–H and O–H groups in total. The zero-order chi connectivity index (χ0) is 14.7. The first-order chi connectivity index (χ1) is 10.2. The molecule has 3 rings (SSSR count). The largest absolute Gasteiger partial charge is 0.321 e. The lowest BCUT2D eigenvalue weighted by molar-refractivity contribution is 0.101. The van der Waals surface area contributed by atoms with Crippen molar-refractivity contribution < 1.29 is 4.79 Å². The molecular formula is C17H21N3O. The second-order valence-corrected chi connectivity index (χ2v) is 5.75. The minimum atomic E-state index is -0.125. The van der Waals surface area contributed by atoms with Crippen LogP contribution in [0.15, 0.2) is 36.5 Å². The fourth-order valence-electron chi connectivity index (χ4n) is 3.07. The van der Waals surface area contributed by atoms with Crippen LogP contribution in [0.2, 0.25) is 0 Å². The predicted molar refractivity (Wildman–Crippen MR) is 83.4 cm³/mol. The number of rotatable bonds is 3. The van der Waals surface area contributed by atoms with Crippen LogP contribution >= 0.6 is 0 Å². The van der Waals surface area contributed by atoms with E-state index in [2.05, 4.69) is 22.5 Å². The van der Waals surface area contributed by atoms with Gasteiger partial charge in [0.2, 0.25) is 0 Å². The van der Waals surface area contributed by atoms with Crippen molar-refractivity contribution >= 4 is 11.6 Å². The van der Waals surface area contributed by atoms with E-state index < -0.39 is 0 Å². The zero-order valence-corrected chi connectivity index (χ0v) is 12.4. The van der Waals surface area contributed by atoms with Crippen molar-refractivity contribution in [3.05, 3.63) is 47.8 Å². The molecule has 1 aliphatic rings. The summed E-state index contributed by atoms with van der Waals surface area (Å²) in [5.74, 6) is 0.570. The number of anilines is 1. The van der Waals surface area contributed by atoms with E-state index in [1.54, 1.807) is 24.0 Å². The molecule has 1 saturated carbocycles. The molecule has 1 amide bonds. The van der Waals surface area contributed by atoms with E-state index in [-0.39, 0.29) is 5.91 Å². The average Bonchev–Trinajstić information content (AvgIpc) is 2.95. The minimum absolute atomic E-state index is 0.125. The Morgan fingerprint density at radius 3 is 2.48 bits per heavy atom. The van der Waals surface area contributed by atoms with Gasteiger partial charge in [0, 0.05) is 18.9 Å². The van der Waals surface area contributed by atoms with Crippen LogP contribution in [-0.2, 0) is 7.05 Å². The number of benzene rings is 1. The van der Waals surface area contributed by atoms with Crippen molar-refractivity contribution in [1.82, 2.24) is 9.78 Å². The molecule has 4 nitrogen and oxygen atoms in total. The second kappa shape index (κ2) is 6.12. The predicted octanol–water partition coefficient (Wildman–Crippen LogP) is 3.72. The maximum absolute atomic E-state index is 12.1. The molecule has 1 aliphatic carbocycles. The zero-order valence-electron chi connectivity index (χ0n) is 12.4. The minimum Gasteiger partial charge on any atom is -0.321 e. The van der Waals surface area contributed by atoms with Gasteiger partial charge in [0.05, 0.1) is 0 Å². The number of hydrogen-bond donors (Lipinski definition) is 1. The summed E-state index contributed by atoms with van der Waals surface area (Å²) in [7, 11) is 1.76. The van der Waals surface area contributed by atoms with Crippen molar-refractivity contribution in [2.24, 2.45) is 7.05 Å². The van der Waals surface area contributed by atoms with Crippen molar-refractivity contribution in [2.45, 2.75) is 38.0 Å². The first-order valence-electron chi connectivity index (χ1n) is 7.63. The number of nitrogens with zero attached hydrogens (tertiary/aromatic N) is 2. The summed E-state index contributed by atoms with van der Waals surface area (Å²) in [5, 5.41) is 6.93. The number of aryl methyl sites for hydroxylation is 1. The van der Waals surface area contributed by atoms with Crippen molar-refractivity contribution in [3.8, 4) is 0 Å². The summed E-state index contributed by atoms with van der Waals surface area (Å²) in [5.41, 5.74) is 2.79. The summed E-state index contributed by atoms with van der Waals surface area (Å²) in [6.07, 6.45) is 8.26. The quantitative estimate of drug-likeness (QED) is 0.933. The van der Waals surface area contributed by atoms with E-state index in [0.717, 1.165) is 5.69 Å². The van der Waals surface area contributed by atoms with Crippen LogP contribution in [0.25, 0.3) is 0 Å². The van der Waals surface area contributed by atoms with Gasteiger partial charge in [0.25, 0.3) is 5.91 Å². The molecule has 2 aromatic rings. The van der Waals surface area contributed by atoms with Gasteiger partial charge in [-0.1, -0.05) is 31.4 Å². The third-order valence-corrected chi connectivity index (χ3v) is 4.30. The first kappa shape index (κ1) is 13.9. The Hall–Kier alpha value is -2.10. The van der Waals surface area contributed by atoms with Crippen LogP contribution in [0, 0.1) is 0 Å². The highest BCUT2D eigenvalue weighted by molar-refractivity contribution is 6.02.